The molecule has 4 heterocycles. The van der Waals surface area contributed by atoms with Crippen molar-refractivity contribution in [3.63, 3.8) is 0 Å². The fourth-order valence-electron chi connectivity index (χ4n) is 4.35. The van der Waals surface area contributed by atoms with Gasteiger partial charge >= 0.3 is 0 Å². The van der Waals surface area contributed by atoms with Crippen molar-refractivity contribution in [3.05, 3.63) is 64.8 Å². The molecule has 0 bridgehead atoms. The molecule has 0 radical (unpaired) electrons. The van der Waals surface area contributed by atoms with Crippen LogP contribution in [0.5, 0.6) is 0 Å². The Morgan fingerprint density at radius 3 is 2.45 bits per heavy atom. The smallest absolute Gasteiger partial charge is 0.151 e. The topological polar surface area (TPSA) is 50.1 Å². The van der Waals surface area contributed by atoms with Gasteiger partial charge in [0.05, 0.1) is 12.2 Å². The molecule has 1 aromatic carbocycles. The largest absolute Gasteiger partial charge is 0.357 e. The lowest BCUT2D eigenvalue weighted by atomic mass is 9.95. The van der Waals surface area contributed by atoms with Gasteiger partial charge in [-0.05, 0) is 55.8 Å². The molecule has 0 spiro atoms. The second-order valence-electron chi connectivity index (χ2n) is 7.70. The molecule has 0 amide bonds. The SMILES string of the molecule is CN1Cc2cc(Cl)ccc2-n2c(nnc2C2CCN(c3ccccn3)CC2)C1.Cl.Cl.Cl. The van der Waals surface area contributed by atoms with Gasteiger partial charge in [0.15, 0.2) is 5.82 Å². The number of nitrogens with zero attached hydrogens (tertiary/aromatic N) is 6. The van der Waals surface area contributed by atoms with E-state index in [2.05, 4.69) is 54.8 Å². The Hall–Kier alpha value is -1.57. The maximum atomic E-state index is 6.27. The quantitative estimate of drug-likeness (QED) is 0.497. The van der Waals surface area contributed by atoms with Gasteiger partial charge in [-0.15, -0.1) is 47.4 Å². The van der Waals surface area contributed by atoms with Crippen LogP contribution in [0.1, 0.15) is 36.0 Å². The summed E-state index contributed by atoms with van der Waals surface area (Å²) in [5.74, 6) is 3.54. The third kappa shape index (κ3) is 5.10. The molecule has 5 rings (SSSR count). The Labute approximate surface area is 206 Å². The second-order valence-corrected chi connectivity index (χ2v) is 8.14. The van der Waals surface area contributed by atoms with Crippen molar-refractivity contribution in [2.24, 2.45) is 0 Å². The van der Waals surface area contributed by atoms with Gasteiger partial charge in [0.1, 0.15) is 11.6 Å². The lowest BCUT2D eigenvalue weighted by molar-refractivity contribution is 0.315. The Morgan fingerprint density at radius 2 is 1.74 bits per heavy atom. The van der Waals surface area contributed by atoms with Crippen LogP contribution in [0, 0.1) is 0 Å². The molecule has 0 N–H and O–H groups in total. The third-order valence-electron chi connectivity index (χ3n) is 5.72. The molecule has 0 unspecified atom stereocenters. The molecule has 1 saturated heterocycles. The first-order chi connectivity index (χ1) is 13.7. The van der Waals surface area contributed by atoms with E-state index in [1.54, 1.807) is 0 Å². The summed E-state index contributed by atoms with van der Waals surface area (Å²) in [5, 5.41) is 9.96. The highest BCUT2D eigenvalue weighted by molar-refractivity contribution is 6.30. The molecule has 31 heavy (non-hydrogen) atoms. The number of hydrogen-bond donors (Lipinski definition) is 0. The number of benzene rings is 1. The van der Waals surface area contributed by atoms with E-state index >= 15 is 0 Å². The summed E-state index contributed by atoms with van der Waals surface area (Å²) in [5.41, 5.74) is 2.39. The molecule has 2 aliphatic heterocycles. The Balaban J connectivity index is 0.00000114. The lowest BCUT2D eigenvalue weighted by Gasteiger charge is -2.32. The molecule has 168 valence electrons. The Kier molecular flexibility index (Phi) is 8.98. The number of anilines is 1. The van der Waals surface area contributed by atoms with Crippen LogP contribution in [0.3, 0.4) is 0 Å². The minimum absolute atomic E-state index is 0. The van der Waals surface area contributed by atoms with E-state index in [1.807, 2.05) is 24.4 Å². The molecule has 0 saturated carbocycles. The first-order valence-electron chi connectivity index (χ1n) is 9.76. The second kappa shape index (κ2) is 10.8. The van der Waals surface area contributed by atoms with Crippen molar-refractivity contribution in [2.75, 3.05) is 25.0 Å². The van der Waals surface area contributed by atoms with Crippen LogP contribution in [0.4, 0.5) is 5.82 Å². The number of fused-ring (bicyclic) bond motifs is 3. The van der Waals surface area contributed by atoms with Crippen LogP contribution in [0.15, 0.2) is 42.6 Å². The molecular formula is C21H26Cl4N6. The van der Waals surface area contributed by atoms with Gasteiger partial charge in [0.25, 0.3) is 0 Å². The third-order valence-corrected chi connectivity index (χ3v) is 5.96. The van der Waals surface area contributed by atoms with E-state index in [0.29, 0.717) is 5.92 Å². The van der Waals surface area contributed by atoms with Crippen LogP contribution >= 0.6 is 48.8 Å². The van der Waals surface area contributed by atoms with E-state index < -0.39 is 0 Å². The van der Waals surface area contributed by atoms with Gasteiger partial charge in [0.2, 0.25) is 0 Å². The Bertz CT molecular complexity index is 989. The first-order valence-corrected chi connectivity index (χ1v) is 10.1. The van der Waals surface area contributed by atoms with Gasteiger partial charge in [-0.3, -0.25) is 9.47 Å². The van der Waals surface area contributed by atoms with Crippen LogP contribution in [0.25, 0.3) is 5.69 Å². The standard InChI is InChI=1S/C21H23ClN6.3ClH/c1-26-13-16-12-17(22)5-6-18(16)28-20(14-26)24-25-21(28)15-7-10-27(11-8-15)19-4-2-3-9-23-19;;;/h2-6,9,12,15H,7-8,10-11,13-14H2,1H3;3*1H. The number of hydrogen-bond acceptors (Lipinski definition) is 5. The molecule has 1 fully saturated rings. The van der Waals surface area contributed by atoms with Gasteiger partial charge in [-0.25, -0.2) is 4.98 Å². The number of rotatable bonds is 2. The molecule has 2 aliphatic rings. The molecule has 6 nitrogen and oxygen atoms in total. The van der Waals surface area contributed by atoms with E-state index in [1.165, 1.54) is 5.56 Å². The van der Waals surface area contributed by atoms with Crippen molar-refractivity contribution in [3.8, 4) is 5.69 Å². The highest BCUT2D eigenvalue weighted by Crippen LogP contribution is 2.33. The molecular weight excluding hydrogens is 478 g/mol. The Morgan fingerprint density at radius 1 is 0.968 bits per heavy atom. The minimum Gasteiger partial charge on any atom is -0.357 e. The van der Waals surface area contributed by atoms with E-state index in [0.717, 1.165) is 67.2 Å². The van der Waals surface area contributed by atoms with Gasteiger partial charge < -0.3 is 4.90 Å². The maximum Gasteiger partial charge on any atom is 0.151 e. The number of pyridine rings is 1. The predicted molar refractivity (Wildman–Crippen MR) is 132 cm³/mol. The maximum absolute atomic E-state index is 6.27. The zero-order valence-electron chi connectivity index (χ0n) is 17.1. The van der Waals surface area contributed by atoms with Gasteiger partial charge in [0, 0.05) is 36.8 Å². The zero-order valence-corrected chi connectivity index (χ0v) is 20.4. The summed E-state index contributed by atoms with van der Waals surface area (Å²) in [6.07, 6.45) is 3.96. The molecule has 10 heteroatoms. The van der Waals surface area contributed by atoms with Crippen LogP contribution in [-0.4, -0.2) is 44.8 Å². The summed E-state index contributed by atoms with van der Waals surface area (Å²) in [6, 6.07) is 12.2. The van der Waals surface area contributed by atoms with Gasteiger partial charge in [-0.2, -0.15) is 0 Å². The molecule has 2 aromatic heterocycles. The zero-order chi connectivity index (χ0) is 19.1. The molecule has 0 atom stereocenters. The average molecular weight is 504 g/mol. The molecule has 3 aromatic rings. The highest BCUT2D eigenvalue weighted by atomic mass is 35.5. The van der Waals surface area contributed by atoms with Crippen molar-refractivity contribution in [1.29, 1.82) is 0 Å². The summed E-state index contributed by atoms with van der Waals surface area (Å²) >= 11 is 6.27. The number of halogens is 4. The minimum atomic E-state index is 0. The lowest BCUT2D eigenvalue weighted by Crippen LogP contribution is -2.34. The summed E-state index contributed by atoms with van der Waals surface area (Å²) in [7, 11) is 2.11. The monoisotopic (exact) mass is 502 g/mol. The van der Waals surface area contributed by atoms with Crippen molar-refractivity contribution in [1.82, 2.24) is 24.6 Å². The normalized spacial score (nSPS) is 16.1. The predicted octanol–water partition coefficient (Wildman–Crippen LogP) is 4.91. The number of piperidine rings is 1. The van der Waals surface area contributed by atoms with E-state index in [4.69, 9.17) is 11.6 Å². The number of aromatic nitrogens is 4. The van der Waals surface area contributed by atoms with Crippen LogP contribution in [-0.2, 0) is 13.1 Å². The summed E-state index contributed by atoms with van der Waals surface area (Å²) in [4.78, 5) is 9.11. The fourth-order valence-corrected chi connectivity index (χ4v) is 4.55. The van der Waals surface area contributed by atoms with E-state index in [9.17, 15) is 0 Å². The van der Waals surface area contributed by atoms with Crippen molar-refractivity contribution < 1.29 is 0 Å². The first kappa shape index (κ1) is 25.7. The summed E-state index contributed by atoms with van der Waals surface area (Å²) in [6.45, 7) is 3.61. The van der Waals surface area contributed by atoms with Crippen molar-refractivity contribution >= 4 is 54.6 Å². The average Bonchev–Trinajstić information content (AvgIpc) is 3.06. The summed E-state index contributed by atoms with van der Waals surface area (Å²) < 4.78 is 2.27. The van der Waals surface area contributed by atoms with Crippen molar-refractivity contribution in [2.45, 2.75) is 31.8 Å². The van der Waals surface area contributed by atoms with Crippen LogP contribution < -0.4 is 4.90 Å². The van der Waals surface area contributed by atoms with Crippen LogP contribution in [0.2, 0.25) is 5.02 Å². The highest BCUT2D eigenvalue weighted by Gasteiger charge is 2.29. The fraction of sp³-hybridized carbons (Fsp3) is 0.381. The van der Waals surface area contributed by atoms with Gasteiger partial charge in [-0.1, -0.05) is 17.7 Å². The molecule has 0 aliphatic carbocycles. The van der Waals surface area contributed by atoms with E-state index in [-0.39, 0.29) is 37.2 Å².